The van der Waals surface area contributed by atoms with Gasteiger partial charge in [-0.15, -0.1) is 0 Å². The largest absolute Gasteiger partial charge is 0.363 e. The summed E-state index contributed by atoms with van der Waals surface area (Å²) < 4.78 is 11.4. The zero-order valence-corrected chi connectivity index (χ0v) is 16.1. The lowest BCUT2D eigenvalue weighted by Gasteiger charge is -2.42. The van der Waals surface area contributed by atoms with E-state index in [0.29, 0.717) is 6.54 Å². The fraction of sp³-hybridized carbons (Fsp3) is 0.524. The van der Waals surface area contributed by atoms with Crippen molar-refractivity contribution in [3.63, 3.8) is 0 Å². The lowest BCUT2D eigenvalue weighted by Crippen LogP contribution is -2.55. The Bertz CT molecular complexity index is 785. The predicted octanol–water partition coefficient (Wildman–Crippen LogP) is 3.08. The molecule has 0 saturated carbocycles. The molecule has 1 amide bonds. The molecular weight excluding hydrogens is 342 g/mol. The van der Waals surface area contributed by atoms with E-state index in [1.807, 2.05) is 49.1 Å². The molecule has 27 heavy (non-hydrogen) atoms. The number of hydrogen-bond donors (Lipinski definition) is 0. The van der Waals surface area contributed by atoms with Gasteiger partial charge in [0.2, 0.25) is 0 Å². The number of hydrogen-bond acceptors (Lipinski definition) is 5. The fourth-order valence-corrected chi connectivity index (χ4v) is 4.19. The molecule has 2 aliphatic heterocycles. The average Bonchev–Trinajstić information content (AvgIpc) is 2.89. The Morgan fingerprint density at radius 3 is 2.70 bits per heavy atom. The minimum atomic E-state index is -0.253. The van der Waals surface area contributed by atoms with E-state index in [0.717, 1.165) is 56.0 Å². The van der Waals surface area contributed by atoms with Crippen LogP contribution in [0.3, 0.4) is 0 Å². The van der Waals surface area contributed by atoms with Crippen molar-refractivity contribution in [1.82, 2.24) is 10.1 Å². The van der Waals surface area contributed by atoms with Crippen LogP contribution in [0.25, 0.3) is 0 Å². The Kier molecular flexibility index (Phi) is 5.02. The zero-order chi connectivity index (χ0) is 18.9. The zero-order valence-electron chi connectivity index (χ0n) is 16.1. The maximum Gasteiger partial charge on any atom is 0.253 e. The van der Waals surface area contributed by atoms with E-state index in [9.17, 15) is 4.79 Å². The molecule has 0 N–H and O–H groups in total. The van der Waals surface area contributed by atoms with Crippen LogP contribution in [0.5, 0.6) is 0 Å². The van der Waals surface area contributed by atoms with Gasteiger partial charge in [0.1, 0.15) is 12.4 Å². The quantitative estimate of drug-likeness (QED) is 0.832. The molecule has 2 saturated heterocycles. The Labute approximate surface area is 160 Å². The second-order valence-corrected chi connectivity index (χ2v) is 7.72. The first-order valence-electron chi connectivity index (χ1n) is 9.70. The highest BCUT2D eigenvalue weighted by atomic mass is 16.5. The number of amides is 1. The van der Waals surface area contributed by atoms with Gasteiger partial charge in [-0.2, -0.15) is 0 Å². The summed E-state index contributed by atoms with van der Waals surface area (Å²) in [6.07, 6.45) is 2.95. The van der Waals surface area contributed by atoms with Crippen LogP contribution in [0.2, 0.25) is 0 Å². The van der Waals surface area contributed by atoms with Gasteiger partial charge in [-0.25, -0.2) is 0 Å². The highest BCUT2D eigenvalue weighted by Crippen LogP contribution is 2.33. The van der Waals surface area contributed by atoms with Gasteiger partial charge in [0, 0.05) is 24.3 Å². The predicted molar refractivity (Wildman–Crippen MR) is 103 cm³/mol. The van der Waals surface area contributed by atoms with E-state index in [2.05, 4.69) is 10.1 Å². The fourth-order valence-electron chi connectivity index (χ4n) is 4.19. The maximum absolute atomic E-state index is 12.4. The van der Waals surface area contributed by atoms with Gasteiger partial charge in [-0.05, 0) is 51.8 Å². The van der Waals surface area contributed by atoms with Crippen LogP contribution in [-0.4, -0.2) is 47.8 Å². The summed E-state index contributed by atoms with van der Waals surface area (Å²) in [5.74, 6) is 0.949. The normalized spacial score (nSPS) is 24.4. The summed E-state index contributed by atoms with van der Waals surface area (Å²) in [4.78, 5) is 16.8. The first kappa shape index (κ1) is 18.2. The van der Waals surface area contributed by atoms with Gasteiger partial charge in [-0.1, -0.05) is 23.4 Å². The Morgan fingerprint density at radius 2 is 1.96 bits per heavy atom. The number of anilines is 1. The molecule has 0 bridgehead atoms. The van der Waals surface area contributed by atoms with Crippen LogP contribution in [0.15, 0.2) is 34.9 Å². The third kappa shape index (κ3) is 3.77. The van der Waals surface area contributed by atoms with E-state index < -0.39 is 0 Å². The molecule has 1 unspecified atom stereocenters. The van der Waals surface area contributed by atoms with Gasteiger partial charge in [0.05, 0.1) is 17.8 Å². The van der Waals surface area contributed by atoms with E-state index in [1.165, 1.54) is 5.56 Å². The number of carbonyl (C=O) groups excluding carboxylic acids is 1. The Balaban J connectivity index is 1.46. The second kappa shape index (κ2) is 7.44. The molecule has 2 aromatic rings. The smallest absolute Gasteiger partial charge is 0.253 e. The van der Waals surface area contributed by atoms with Crippen molar-refractivity contribution in [3.05, 3.63) is 47.3 Å². The number of benzene rings is 1. The monoisotopic (exact) mass is 369 g/mol. The molecule has 1 aromatic heterocycles. The standard InChI is InChI=1S/C21H27N3O3/c1-16-19(17(2)27-22-16)13-23-11-6-9-21(10-12-23)15-24(20(25)14-26-21)18-7-4-3-5-8-18/h3-5,7-8H,6,9-15H2,1-2H3. The summed E-state index contributed by atoms with van der Waals surface area (Å²) in [5.41, 5.74) is 2.87. The summed E-state index contributed by atoms with van der Waals surface area (Å²) in [5, 5.41) is 4.07. The number of ether oxygens (including phenoxy) is 1. The van der Waals surface area contributed by atoms with E-state index >= 15 is 0 Å². The summed E-state index contributed by atoms with van der Waals surface area (Å²) in [7, 11) is 0. The van der Waals surface area contributed by atoms with Crippen LogP contribution >= 0.6 is 0 Å². The number of nitrogens with zero attached hydrogens (tertiary/aromatic N) is 3. The van der Waals surface area contributed by atoms with E-state index in [-0.39, 0.29) is 18.1 Å². The topological polar surface area (TPSA) is 58.8 Å². The summed E-state index contributed by atoms with van der Waals surface area (Å²) in [6.45, 7) is 7.60. The molecule has 1 spiro atoms. The van der Waals surface area contributed by atoms with Gasteiger partial charge in [0.15, 0.2) is 0 Å². The molecule has 0 aliphatic carbocycles. The molecule has 1 atom stereocenters. The number of rotatable bonds is 3. The molecule has 0 radical (unpaired) electrons. The number of aryl methyl sites for hydroxylation is 2. The van der Waals surface area contributed by atoms with E-state index in [4.69, 9.17) is 9.26 Å². The third-order valence-electron chi connectivity index (χ3n) is 5.87. The van der Waals surface area contributed by atoms with Crippen LogP contribution in [0.1, 0.15) is 36.3 Å². The van der Waals surface area contributed by atoms with Gasteiger partial charge in [0.25, 0.3) is 5.91 Å². The van der Waals surface area contributed by atoms with Crippen LogP contribution in [0.4, 0.5) is 5.69 Å². The van der Waals surface area contributed by atoms with Gasteiger partial charge >= 0.3 is 0 Å². The van der Waals surface area contributed by atoms with Crippen molar-refractivity contribution < 1.29 is 14.1 Å². The highest BCUT2D eigenvalue weighted by molar-refractivity contribution is 5.95. The number of para-hydroxylation sites is 1. The number of carbonyl (C=O) groups is 1. The van der Waals surface area contributed by atoms with Crippen molar-refractivity contribution in [3.8, 4) is 0 Å². The Morgan fingerprint density at radius 1 is 1.15 bits per heavy atom. The maximum atomic E-state index is 12.4. The molecule has 6 heteroatoms. The van der Waals surface area contributed by atoms with Crippen molar-refractivity contribution in [2.24, 2.45) is 0 Å². The van der Waals surface area contributed by atoms with Gasteiger partial charge in [-0.3, -0.25) is 9.69 Å². The highest BCUT2D eigenvalue weighted by Gasteiger charge is 2.41. The van der Waals surface area contributed by atoms with E-state index in [1.54, 1.807) is 0 Å². The lowest BCUT2D eigenvalue weighted by atomic mass is 9.92. The first-order chi connectivity index (χ1) is 13.1. The molecule has 2 aliphatic rings. The lowest BCUT2D eigenvalue weighted by molar-refractivity contribution is -0.140. The third-order valence-corrected chi connectivity index (χ3v) is 5.87. The SMILES string of the molecule is Cc1noc(C)c1CN1CCCC2(CC1)CN(c1ccccc1)C(=O)CO2. The second-order valence-electron chi connectivity index (χ2n) is 7.72. The number of likely N-dealkylation sites (tertiary alicyclic amines) is 1. The molecule has 4 rings (SSSR count). The molecule has 3 heterocycles. The number of morpholine rings is 1. The first-order valence-corrected chi connectivity index (χ1v) is 9.70. The van der Waals surface area contributed by atoms with Crippen molar-refractivity contribution in [1.29, 1.82) is 0 Å². The molecule has 2 fully saturated rings. The number of aromatic nitrogens is 1. The minimum absolute atomic E-state index is 0.0450. The van der Waals surface area contributed by atoms with Crippen LogP contribution in [0, 0.1) is 13.8 Å². The van der Waals surface area contributed by atoms with Crippen LogP contribution in [-0.2, 0) is 16.1 Å². The molecule has 1 aromatic carbocycles. The minimum Gasteiger partial charge on any atom is -0.363 e. The summed E-state index contributed by atoms with van der Waals surface area (Å²) >= 11 is 0. The Hall–Kier alpha value is -2.18. The molecular formula is C21H27N3O3. The van der Waals surface area contributed by atoms with Crippen molar-refractivity contribution >= 4 is 11.6 Å². The van der Waals surface area contributed by atoms with Gasteiger partial charge < -0.3 is 14.2 Å². The van der Waals surface area contributed by atoms with Crippen LogP contribution < -0.4 is 4.90 Å². The molecule has 144 valence electrons. The molecule has 6 nitrogen and oxygen atoms in total. The average molecular weight is 369 g/mol. The van der Waals surface area contributed by atoms with Crippen molar-refractivity contribution in [2.45, 2.75) is 45.3 Å². The summed E-state index contributed by atoms with van der Waals surface area (Å²) in [6, 6.07) is 9.92. The van der Waals surface area contributed by atoms with Crippen molar-refractivity contribution in [2.75, 3.05) is 31.1 Å².